The molecule has 0 atom stereocenters. The molecule has 2 heterocycles. The van der Waals surface area contributed by atoms with E-state index in [-0.39, 0.29) is 11.8 Å². The quantitative estimate of drug-likeness (QED) is 0.902. The van der Waals surface area contributed by atoms with Crippen LogP contribution in [0.3, 0.4) is 0 Å². The normalized spacial score (nSPS) is 14.2. The monoisotopic (exact) mass is 367 g/mol. The Morgan fingerprint density at radius 2 is 1.59 bits per heavy atom. The van der Waals surface area contributed by atoms with Crippen molar-refractivity contribution >= 4 is 23.3 Å². The standard InChI is InChI=1S/C20H25N5O2/c1-13-5-6-17(11-14(13)2)23-19-12-18(21-15(3)22-19)20(27)25-9-7-24(8-10-25)16(4)26/h5-6,11-12H,7-10H2,1-4H3,(H,21,22,23). The molecule has 142 valence electrons. The van der Waals surface area contributed by atoms with Gasteiger partial charge < -0.3 is 15.1 Å². The highest BCUT2D eigenvalue weighted by atomic mass is 16.2. The van der Waals surface area contributed by atoms with Gasteiger partial charge in [0, 0.05) is 44.9 Å². The average Bonchev–Trinajstić information content (AvgIpc) is 2.64. The Labute approximate surface area is 159 Å². The van der Waals surface area contributed by atoms with Gasteiger partial charge in [0.25, 0.3) is 5.91 Å². The Balaban J connectivity index is 1.75. The molecule has 1 aliphatic heterocycles. The van der Waals surface area contributed by atoms with Gasteiger partial charge in [-0.1, -0.05) is 6.07 Å². The molecule has 1 aliphatic rings. The fourth-order valence-corrected chi connectivity index (χ4v) is 3.09. The summed E-state index contributed by atoms with van der Waals surface area (Å²) in [5.41, 5.74) is 3.69. The summed E-state index contributed by atoms with van der Waals surface area (Å²) in [4.78, 5) is 36.5. The lowest BCUT2D eigenvalue weighted by molar-refractivity contribution is -0.130. The molecule has 2 amide bonds. The molecule has 1 aromatic carbocycles. The van der Waals surface area contributed by atoms with E-state index in [0.717, 1.165) is 5.69 Å². The second kappa shape index (κ2) is 7.73. The van der Waals surface area contributed by atoms with Crippen LogP contribution in [0.15, 0.2) is 24.3 Å². The zero-order chi connectivity index (χ0) is 19.6. The fraction of sp³-hybridized carbons (Fsp3) is 0.400. The Morgan fingerprint density at radius 3 is 2.22 bits per heavy atom. The molecule has 1 aromatic heterocycles. The van der Waals surface area contributed by atoms with E-state index in [0.29, 0.717) is 43.5 Å². The van der Waals surface area contributed by atoms with Crippen molar-refractivity contribution in [1.82, 2.24) is 19.8 Å². The summed E-state index contributed by atoms with van der Waals surface area (Å²) in [6.07, 6.45) is 0. The summed E-state index contributed by atoms with van der Waals surface area (Å²) < 4.78 is 0. The molecular formula is C20H25N5O2. The maximum absolute atomic E-state index is 12.8. The molecule has 0 saturated carbocycles. The Morgan fingerprint density at radius 1 is 0.926 bits per heavy atom. The smallest absolute Gasteiger partial charge is 0.272 e. The third-order valence-corrected chi connectivity index (χ3v) is 4.85. The molecule has 3 rings (SSSR count). The van der Waals surface area contributed by atoms with E-state index in [1.807, 2.05) is 12.1 Å². The predicted molar refractivity (Wildman–Crippen MR) is 104 cm³/mol. The van der Waals surface area contributed by atoms with E-state index in [1.54, 1.807) is 29.7 Å². The predicted octanol–water partition coefficient (Wildman–Crippen LogP) is 2.45. The van der Waals surface area contributed by atoms with Gasteiger partial charge in [-0.15, -0.1) is 0 Å². The first-order valence-electron chi connectivity index (χ1n) is 9.08. The van der Waals surface area contributed by atoms with Gasteiger partial charge in [0.2, 0.25) is 5.91 Å². The largest absolute Gasteiger partial charge is 0.340 e. The van der Waals surface area contributed by atoms with Gasteiger partial charge in [-0.25, -0.2) is 9.97 Å². The number of nitrogens with zero attached hydrogens (tertiary/aromatic N) is 4. The summed E-state index contributed by atoms with van der Waals surface area (Å²) in [5, 5.41) is 3.26. The van der Waals surface area contributed by atoms with Crippen molar-refractivity contribution in [2.24, 2.45) is 0 Å². The van der Waals surface area contributed by atoms with Crippen LogP contribution in [-0.4, -0.2) is 57.8 Å². The second-order valence-corrected chi connectivity index (χ2v) is 6.91. The second-order valence-electron chi connectivity index (χ2n) is 6.91. The molecule has 7 heteroatoms. The van der Waals surface area contributed by atoms with Crippen molar-refractivity contribution in [2.45, 2.75) is 27.7 Å². The van der Waals surface area contributed by atoms with Crippen LogP contribution in [0.25, 0.3) is 0 Å². The minimum atomic E-state index is -0.133. The number of carbonyl (C=O) groups excluding carboxylic acids is 2. The van der Waals surface area contributed by atoms with E-state index in [2.05, 4.69) is 35.2 Å². The molecule has 7 nitrogen and oxygen atoms in total. The van der Waals surface area contributed by atoms with Crippen LogP contribution in [0.5, 0.6) is 0 Å². The number of aromatic nitrogens is 2. The van der Waals surface area contributed by atoms with Gasteiger partial charge in [-0.3, -0.25) is 9.59 Å². The van der Waals surface area contributed by atoms with Crippen LogP contribution >= 0.6 is 0 Å². The van der Waals surface area contributed by atoms with Gasteiger partial charge in [-0.05, 0) is 44.0 Å². The summed E-state index contributed by atoms with van der Waals surface area (Å²) in [6, 6.07) is 7.77. The molecule has 1 saturated heterocycles. The van der Waals surface area contributed by atoms with E-state index in [9.17, 15) is 9.59 Å². The first-order valence-corrected chi connectivity index (χ1v) is 9.08. The highest BCUT2D eigenvalue weighted by molar-refractivity contribution is 5.93. The number of aryl methyl sites for hydroxylation is 3. The molecule has 0 unspecified atom stereocenters. The number of amides is 2. The molecule has 1 N–H and O–H groups in total. The number of piperazine rings is 1. The SMILES string of the molecule is CC(=O)N1CCN(C(=O)c2cc(Nc3ccc(C)c(C)c3)nc(C)n2)CC1. The molecule has 0 spiro atoms. The molecule has 0 bridgehead atoms. The van der Waals surface area contributed by atoms with Gasteiger partial charge in [-0.2, -0.15) is 0 Å². The highest BCUT2D eigenvalue weighted by Gasteiger charge is 2.24. The zero-order valence-corrected chi connectivity index (χ0v) is 16.2. The number of hydrogen-bond donors (Lipinski definition) is 1. The van der Waals surface area contributed by atoms with E-state index < -0.39 is 0 Å². The zero-order valence-electron chi connectivity index (χ0n) is 16.2. The van der Waals surface area contributed by atoms with Gasteiger partial charge >= 0.3 is 0 Å². The van der Waals surface area contributed by atoms with Crippen molar-refractivity contribution in [3.63, 3.8) is 0 Å². The highest BCUT2D eigenvalue weighted by Crippen LogP contribution is 2.19. The number of carbonyl (C=O) groups is 2. The molecule has 2 aromatic rings. The van der Waals surface area contributed by atoms with Crippen molar-refractivity contribution in [3.05, 3.63) is 46.9 Å². The summed E-state index contributed by atoms with van der Waals surface area (Å²) in [6.45, 7) is 9.59. The van der Waals surface area contributed by atoms with Crippen LogP contribution in [0.1, 0.15) is 34.4 Å². The minimum Gasteiger partial charge on any atom is -0.340 e. The van der Waals surface area contributed by atoms with E-state index >= 15 is 0 Å². The van der Waals surface area contributed by atoms with Gasteiger partial charge in [0.1, 0.15) is 17.3 Å². The maximum Gasteiger partial charge on any atom is 0.272 e. The van der Waals surface area contributed by atoms with Crippen LogP contribution in [-0.2, 0) is 4.79 Å². The summed E-state index contributed by atoms with van der Waals surface area (Å²) >= 11 is 0. The van der Waals surface area contributed by atoms with Gasteiger partial charge in [0.15, 0.2) is 0 Å². The van der Waals surface area contributed by atoms with Gasteiger partial charge in [0.05, 0.1) is 0 Å². The number of benzene rings is 1. The molecule has 27 heavy (non-hydrogen) atoms. The fourth-order valence-electron chi connectivity index (χ4n) is 3.09. The van der Waals surface area contributed by atoms with E-state index in [1.165, 1.54) is 11.1 Å². The molecule has 0 radical (unpaired) electrons. The third kappa shape index (κ3) is 4.42. The number of rotatable bonds is 3. The third-order valence-electron chi connectivity index (χ3n) is 4.85. The average molecular weight is 367 g/mol. The molecular weight excluding hydrogens is 342 g/mol. The van der Waals surface area contributed by atoms with Crippen LogP contribution < -0.4 is 5.32 Å². The maximum atomic E-state index is 12.8. The van der Waals surface area contributed by atoms with E-state index in [4.69, 9.17) is 0 Å². The first-order chi connectivity index (χ1) is 12.8. The van der Waals surface area contributed by atoms with Crippen molar-refractivity contribution in [1.29, 1.82) is 0 Å². The lowest BCUT2D eigenvalue weighted by Crippen LogP contribution is -2.50. The lowest BCUT2D eigenvalue weighted by Gasteiger charge is -2.34. The number of nitrogens with one attached hydrogen (secondary N) is 1. The minimum absolute atomic E-state index is 0.0415. The Kier molecular flexibility index (Phi) is 5.39. The van der Waals surface area contributed by atoms with Crippen molar-refractivity contribution in [2.75, 3.05) is 31.5 Å². The number of anilines is 2. The van der Waals surface area contributed by atoms with Crippen molar-refractivity contribution in [3.8, 4) is 0 Å². The first kappa shape index (κ1) is 18.8. The summed E-state index contributed by atoms with van der Waals surface area (Å²) in [5.74, 6) is 1.04. The molecule has 0 aliphatic carbocycles. The Hall–Kier alpha value is -2.96. The Bertz CT molecular complexity index is 873. The summed E-state index contributed by atoms with van der Waals surface area (Å²) in [7, 11) is 0. The lowest BCUT2D eigenvalue weighted by atomic mass is 10.1. The van der Waals surface area contributed by atoms with Crippen LogP contribution in [0, 0.1) is 20.8 Å². The number of hydrogen-bond acceptors (Lipinski definition) is 5. The topological polar surface area (TPSA) is 78.4 Å². The molecule has 1 fully saturated rings. The van der Waals surface area contributed by atoms with Crippen LogP contribution in [0.4, 0.5) is 11.5 Å². The van der Waals surface area contributed by atoms with Crippen molar-refractivity contribution < 1.29 is 9.59 Å². The van der Waals surface area contributed by atoms with Crippen LogP contribution in [0.2, 0.25) is 0 Å².